The Balaban J connectivity index is 1.64. The molecule has 6 rings (SSSR count). The van der Waals surface area contributed by atoms with Gasteiger partial charge in [0, 0.05) is 35.9 Å². The standard InChI is InChI=1S/C35H47N2O2/c1-9-23-21-37(22-25-18-29(35(5,6)7)32(39-8)20-28(25)34(2,3)4)17-15-24(23)19-31(37)33(38)27-14-16-36-30-13-11-10-12-26(27)30/h9-14,16,18,20,23-24,31,33,38H,1,15,17,19,21-22H2,2-8H3/q+1/t23-,24-,31-,33+,37-/m0/s1. The first-order chi connectivity index (χ1) is 18.4. The maximum absolute atomic E-state index is 12.2. The summed E-state index contributed by atoms with van der Waals surface area (Å²) < 4.78 is 6.83. The topological polar surface area (TPSA) is 42.4 Å². The van der Waals surface area contributed by atoms with Crippen molar-refractivity contribution >= 4 is 10.9 Å². The number of pyridine rings is 1. The van der Waals surface area contributed by atoms with Crippen LogP contribution < -0.4 is 4.74 Å². The molecule has 3 aliphatic rings. The van der Waals surface area contributed by atoms with Crippen LogP contribution in [0.2, 0.25) is 0 Å². The molecule has 3 saturated heterocycles. The van der Waals surface area contributed by atoms with E-state index < -0.39 is 6.10 Å². The number of rotatable bonds is 6. The van der Waals surface area contributed by atoms with Gasteiger partial charge in [-0.15, -0.1) is 6.58 Å². The van der Waals surface area contributed by atoms with Gasteiger partial charge in [0.15, 0.2) is 0 Å². The lowest BCUT2D eigenvalue weighted by Gasteiger charge is -2.58. The highest BCUT2D eigenvalue weighted by Gasteiger charge is 2.54. The Kier molecular flexibility index (Phi) is 7.18. The van der Waals surface area contributed by atoms with Crippen molar-refractivity contribution in [2.24, 2.45) is 11.8 Å². The Morgan fingerprint density at radius 2 is 1.79 bits per heavy atom. The predicted octanol–water partition coefficient (Wildman–Crippen LogP) is 7.48. The molecule has 1 N–H and O–H groups in total. The normalized spacial score (nSPS) is 26.0. The van der Waals surface area contributed by atoms with Gasteiger partial charge in [-0.1, -0.05) is 65.8 Å². The summed E-state index contributed by atoms with van der Waals surface area (Å²) in [6.45, 7) is 20.9. The van der Waals surface area contributed by atoms with Crippen LogP contribution in [0.25, 0.3) is 10.9 Å². The third-order valence-electron chi connectivity index (χ3n) is 9.57. The second-order valence-electron chi connectivity index (χ2n) is 14.1. The molecule has 0 unspecified atom stereocenters. The van der Waals surface area contributed by atoms with Crippen molar-refractivity contribution in [3.05, 3.63) is 83.6 Å². The highest BCUT2D eigenvalue weighted by Crippen LogP contribution is 2.49. The molecule has 3 fully saturated rings. The van der Waals surface area contributed by atoms with Gasteiger partial charge < -0.3 is 14.3 Å². The molecule has 3 aliphatic heterocycles. The Morgan fingerprint density at radius 3 is 2.46 bits per heavy atom. The molecule has 39 heavy (non-hydrogen) atoms. The lowest BCUT2D eigenvalue weighted by Crippen LogP contribution is -2.67. The van der Waals surface area contributed by atoms with Gasteiger partial charge in [-0.2, -0.15) is 0 Å². The van der Waals surface area contributed by atoms with Crippen LogP contribution in [0.3, 0.4) is 0 Å². The highest BCUT2D eigenvalue weighted by atomic mass is 16.5. The minimum atomic E-state index is -0.551. The van der Waals surface area contributed by atoms with Crippen LogP contribution in [0.1, 0.15) is 82.7 Å². The molecule has 0 amide bonds. The zero-order valence-electron chi connectivity index (χ0n) is 25.0. The van der Waals surface area contributed by atoms with Gasteiger partial charge in [0.1, 0.15) is 24.4 Å². The third-order valence-corrected chi connectivity index (χ3v) is 9.57. The first-order valence-electron chi connectivity index (χ1n) is 14.6. The lowest BCUT2D eigenvalue weighted by atomic mass is 9.70. The van der Waals surface area contributed by atoms with E-state index in [1.54, 1.807) is 7.11 Å². The third kappa shape index (κ3) is 5.02. The number of hydrogen-bond acceptors (Lipinski definition) is 3. The zero-order chi connectivity index (χ0) is 28.2. The van der Waals surface area contributed by atoms with Crippen LogP contribution in [-0.2, 0) is 17.4 Å². The van der Waals surface area contributed by atoms with E-state index in [4.69, 9.17) is 4.74 Å². The Labute approximate surface area is 235 Å². The zero-order valence-corrected chi connectivity index (χ0v) is 25.0. The summed E-state index contributed by atoms with van der Waals surface area (Å²) >= 11 is 0. The first-order valence-corrected chi connectivity index (χ1v) is 14.6. The number of para-hydroxylation sites is 1. The molecule has 5 atom stereocenters. The van der Waals surface area contributed by atoms with Crippen LogP contribution in [0.15, 0.2) is 61.3 Å². The monoisotopic (exact) mass is 527 g/mol. The average Bonchev–Trinajstić information content (AvgIpc) is 2.91. The summed E-state index contributed by atoms with van der Waals surface area (Å²) in [5.41, 5.74) is 5.85. The van der Waals surface area contributed by atoms with Gasteiger partial charge in [0.2, 0.25) is 0 Å². The summed E-state index contributed by atoms with van der Waals surface area (Å²) in [6.07, 6.45) is 5.68. The van der Waals surface area contributed by atoms with Crippen molar-refractivity contribution in [1.29, 1.82) is 0 Å². The fourth-order valence-electron chi connectivity index (χ4n) is 7.51. The number of methoxy groups -OCH3 is 1. The van der Waals surface area contributed by atoms with Crippen LogP contribution in [0.5, 0.6) is 5.75 Å². The van der Waals surface area contributed by atoms with Crippen LogP contribution in [-0.4, -0.2) is 40.8 Å². The van der Waals surface area contributed by atoms with Crippen LogP contribution in [0, 0.1) is 11.8 Å². The van der Waals surface area contributed by atoms with Crippen molar-refractivity contribution in [3.63, 3.8) is 0 Å². The molecule has 0 aliphatic carbocycles. The van der Waals surface area contributed by atoms with Gasteiger partial charge in [0.25, 0.3) is 0 Å². The summed E-state index contributed by atoms with van der Waals surface area (Å²) in [6, 6.07) is 15.1. The second-order valence-corrected chi connectivity index (χ2v) is 14.1. The Bertz CT molecular complexity index is 1360. The fourth-order valence-corrected chi connectivity index (χ4v) is 7.51. The van der Waals surface area contributed by atoms with Crippen molar-refractivity contribution in [3.8, 4) is 5.75 Å². The molecular weight excluding hydrogens is 480 g/mol. The fraction of sp³-hybridized carbons (Fsp3) is 0.514. The van der Waals surface area contributed by atoms with Crippen molar-refractivity contribution in [2.75, 3.05) is 20.2 Å². The maximum Gasteiger partial charge on any atom is 0.131 e. The first kappa shape index (κ1) is 27.9. The van der Waals surface area contributed by atoms with Gasteiger partial charge >= 0.3 is 0 Å². The molecule has 4 nitrogen and oxygen atoms in total. The van der Waals surface area contributed by atoms with E-state index in [1.807, 2.05) is 30.5 Å². The van der Waals surface area contributed by atoms with Crippen molar-refractivity contribution in [2.45, 2.75) is 83.9 Å². The van der Waals surface area contributed by atoms with Crippen molar-refractivity contribution in [1.82, 2.24) is 4.98 Å². The minimum absolute atomic E-state index is 0.0291. The summed E-state index contributed by atoms with van der Waals surface area (Å²) in [5, 5.41) is 13.2. The molecule has 2 bridgehead atoms. The molecular formula is C35H47N2O2+. The van der Waals surface area contributed by atoms with Crippen LogP contribution >= 0.6 is 0 Å². The molecule has 1 aromatic heterocycles. The summed E-state index contributed by atoms with van der Waals surface area (Å²) in [5.74, 6) is 2.03. The molecule has 0 spiro atoms. The number of fused-ring (bicyclic) bond motifs is 4. The number of aliphatic hydroxyl groups is 1. The SMILES string of the molecule is C=C[C@H]1C[N@+]2(Cc3cc(C(C)(C)C)c(OC)cc3C(C)(C)C)CC[C@H]1C[C@H]2[C@H](O)c1ccnc2ccccc12. The van der Waals surface area contributed by atoms with Gasteiger partial charge in [-0.3, -0.25) is 4.98 Å². The van der Waals surface area contributed by atoms with Gasteiger partial charge in [-0.05, 0) is 57.7 Å². The van der Waals surface area contributed by atoms with Crippen molar-refractivity contribution < 1.29 is 14.3 Å². The summed E-state index contributed by atoms with van der Waals surface area (Å²) in [4.78, 5) is 4.57. The predicted molar refractivity (Wildman–Crippen MR) is 161 cm³/mol. The Morgan fingerprint density at radius 1 is 1.08 bits per heavy atom. The smallest absolute Gasteiger partial charge is 0.131 e. The van der Waals surface area contributed by atoms with E-state index in [9.17, 15) is 5.11 Å². The van der Waals surface area contributed by atoms with Crippen LogP contribution in [0.4, 0.5) is 0 Å². The molecule has 4 heterocycles. The van der Waals surface area contributed by atoms with Gasteiger partial charge in [0.05, 0.1) is 25.7 Å². The number of aromatic nitrogens is 1. The Hall–Kier alpha value is -2.69. The van der Waals surface area contributed by atoms with E-state index in [0.717, 1.165) is 52.8 Å². The number of piperidine rings is 3. The molecule has 0 saturated carbocycles. The maximum atomic E-state index is 12.2. The number of nitrogens with zero attached hydrogens (tertiary/aromatic N) is 2. The molecule has 208 valence electrons. The average molecular weight is 528 g/mol. The van der Waals surface area contributed by atoms with Gasteiger partial charge in [-0.25, -0.2) is 0 Å². The van der Waals surface area contributed by atoms with E-state index in [-0.39, 0.29) is 16.9 Å². The number of quaternary nitrogens is 1. The van der Waals surface area contributed by atoms with E-state index in [0.29, 0.717) is 11.8 Å². The lowest BCUT2D eigenvalue weighted by molar-refractivity contribution is -0.985. The molecule has 0 radical (unpaired) electrons. The summed E-state index contributed by atoms with van der Waals surface area (Å²) in [7, 11) is 1.79. The number of hydrogen-bond donors (Lipinski definition) is 1. The minimum Gasteiger partial charge on any atom is -0.496 e. The largest absolute Gasteiger partial charge is 0.496 e. The number of aliphatic hydroxyl groups excluding tert-OH is 1. The molecule has 3 aromatic rings. The van der Waals surface area contributed by atoms with E-state index >= 15 is 0 Å². The molecule has 4 heteroatoms. The second kappa shape index (κ2) is 10.1. The number of ether oxygens (including phenoxy) is 1. The number of benzene rings is 2. The molecule has 2 aromatic carbocycles. The van der Waals surface area contributed by atoms with E-state index in [2.05, 4.69) is 77.4 Å². The van der Waals surface area contributed by atoms with E-state index in [1.165, 1.54) is 23.1 Å². The quantitative estimate of drug-likeness (QED) is 0.267. The highest BCUT2D eigenvalue weighted by molar-refractivity contribution is 5.82.